The molecule has 1 aliphatic rings. The zero-order valence-electron chi connectivity index (χ0n) is 16.5. The number of nitrogens with zero attached hydrogens (tertiary/aromatic N) is 3. The number of aromatic nitrogens is 1. The second-order valence-electron chi connectivity index (χ2n) is 6.80. The van der Waals surface area contributed by atoms with E-state index in [0.29, 0.717) is 31.4 Å². The predicted octanol–water partition coefficient (Wildman–Crippen LogP) is 2.26. The van der Waals surface area contributed by atoms with E-state index in [4.69, 9.17) is 4.74 Å². The second kappa shape index (κ2) is 10.8. The molecule has 0 aliphatic carbocycles. The first-order chi connectivity index (χ1) is 14.1. The summed E-state index contributed by atoms with van der Waals surface area (Å²) in [6.45, 7) is 6.12. The lowest BCUT2D eigenvalue weighted by Crippen LogP contribution is -2.45. The fourth-order valence-corrected chi connectivity index (χ4v) is 3.64. The summed E-state index contributed by atoms with van der Waals surface area (Å²) in [6.07, 6.45) is 3.29. The molecule has 0 atom stereocenters. The van der Waals surface area contributed by atoms with Gasteiger partial charge in [0.15, 0.2) is 5.13 Å². The van der Waals surface area contributed by atoms with Crippen LogP contribution in [-0.2, 0) is 14.3 Å². The number of amides is 2. The highest BCUT2D eigenvalue weighted by atomic mass is 32.1. The maximum absolute atomic E-state index is 12.8. The standard InChI is InChI=1S/C21H26N4O3S/c1-17-16-29-21(22-17)23-19(26)15-25(10-9-24-11-13-28-14-12-24)20(27)8-7-18-5-3-2-4-6-18/h2-8,16H,9-15H2,1H3,(H,22,23,26)/b8-7+. The van der Waals surface area contributed by atoms with E-state index in [0.717, 1.165) is 24.3 Å². The normalized spacial score (nSPS) is 14.8. The van der Waals surface area contributed by atoms with E-state index in [9.17, 15) is 9.59 Å². The van der Waals surface area contributed by atoms with Gasteiger partial charge in [-0.15, -0.1) is 11.3 Å². The Kier molecular flexibility index (Phi) is 7.92. The number of benzene rings is 1. The number of hydrogen-bond acceptors (Lipinski definition) is 6. The molecule has 2 amide bonds. The van der Waals surface area contributed by atoms with Gasteiger partial charge in [0.1, 0.15) is 6.54 Å². The molecule has 7 nitrogen and oxygen atoms in total. The average Bonchev–Trinajstić information content (AvgIpc) is 3.15. The molecular formula is C21H26N4O3S. The number of hydrogen-bond donors (Lipinski definition) is 1. The lowest BCUT2D eigenvalue weighted by Gasteiger charge is -2.29. The Balaban J connectivity index is 1.61. The third-order valence-corrected chi connectivity index (χ3v) is 5.39. The monoisotopic (exact) mass is 414 g/mol. The quantitative estimate of drug-likeness (QED) is 0.671. The molecule has 2 heterocycles. The van der Waals surface area contributed by atoms with Crippen molar-refractivity contribution in [2.45, 2.75) is 6.92 Å². The highest BCUT2D eigenvalue weighted by molar-refractivity contribution is 7.13. The molecule has 1 N–H and O–H groups in total. The third-order valence-electron chi connectivity index (χ3n) is 4.52. The lowest BCUT2D eigenvalue weighted by molar-refractivity contribution is -0.130. The van der Waals surface area contributed by atoms with Crippen LogP contribution in [0.1, 0.15) is 11.3 Å². The first-order valence-corrected chi connectivity index (χ1v) is 10.5. The Hall–Kier alpha value is -2.55. The zero-order chi connectivity index (χ0) is 20.5. The van der Waals surface area contributed by atoms with Crippen molar-refractivity contribution in [2.75, 3.05) is 51.3 Å². The van der Waals surface area contributed by atoms with E-state index in [1.807, 2.05) is 42.6 Å². The summed E-state index contributed by atoms with van der Waals surface area (Å²) < 4.78 is 5.37. The zero-order valence-corrected chi connectivity index (χ0v) is 17.4. The molecule has 0 saturated carbocycles. The molecule has 0 spiro atoms. The van der Waals surface area contributed by atoms with Crippen molar-refractivity contribution in [1.29, 1.82) is 0 Å². The minimum absolute atomic E-state index is 0.0130. The second-order valence-corrected chi connectivity index (χ2v) is 7.66. The van der Waals surface area contributed by atoms with Crippen LogP contribution < -0.4 is 5.32 Å². The molecule has 0 radical (unpaired) electrons. The fraction of sp³-hybridized carbons (Fsp3) is 0.381. The van der Waals surface area contributed by atoms with E-state index in [1.165, 1.54) is 17.4 Å². The predicted molar refractivity (Wildman–Crippen MR) is 115 cm³/mol. The van der Waals surface area contributed by atoms with E-state index in [1.54, 1.807) is 11.0 Å². The molecule has 2 aromatic rings. The molecular weight excluding hydrogens is 388 g/mol. The number of ether oxygens (including phenoxy) is 1. The maximum atomic E-state index is 12.8. The maximum Gasteiger partial charge on any atom is 0.247 e. The number of anilines is 1. The molecule has 0 unspecified atom stereocenters. The topological polar surface area (TPSA) is 74.8 Å². The van der Waals surface area contributed by atoms with Crippen molar-refractivity contribution < 1.29 is 14.3 Å². The number of thiazole rings is 1. The Bertz CT molecular complexity index is 831. The molecule has 0 bridgehead atoms. The van der Waals surface area contributed by atoms with E-state index in [2.05, 4.69) is 15.2 Å². The fourth-order valence-electron chi connectivity index (χ4n) is 2.93. The average molecular weight is 415 g/mol. The van der Waals surface area contributed by atoms with Crippen molar-refractivity contribution in [3.63, 3.8) is 0 Å². The summed E-state index contributed by atoms with van der Waals surface area (Å²) in [7, 11) is 0. The number of aryl methyl sites for hydroxylation is 1. The molecule has 1 aliphatic heterocycles. The van der Waals surface area contributed by atoms with Gasteiger partial charge in [-0.3, -0.25) is 14.5 Å². The highest BCUT2D eigenvalue weighted by Gasteiger charge is 2.18. The van der Waals surface area contributed by atoms with Gasteiger partial charge in [-0.2, -0.15) is 0 Å². The molecule has 29 heavy (non-hydrogen) atoms. The minimum Gasteiger partial charge on any atom is -0.379 e. The molecule has 1 fully saturated rings. The van der Waals surface area contributed by atoms with Gasteiger partial charge in [0.2, 0.25) is 11.8 Å². The summed E-state index contributed by atoms with van der Waals surface area (Å²) in [4.78, 5) is 33.3. The van der Waals surface area contributed by atoms with Crippen LogP contribution in [0.5, 0.6) is 0 Å². The summed E-state index contributed by atoms with van der Waals surface area (Å²) in [5, 5.41) is 5.20. The number of carbonyl (C=O) groups is 2. The van der Waals surface area contributed by atoms with Gasteiger partial charge in [-0.05, 0) is 18.6 Å². The Morgan fingerprint density at radius 3 is 2.72 bits per heavy atom. The van der Waals surface area contributed by atoms with Crippen molar-refractivity contribution in [1.82, 2.24) is 14.8 Å². The van der Waals surface area contributed by atoms with Crippen LogP contribution in [0.25, 0.3) is 6.08 Å². The van der Waals surface area contributed by atoms with Gasteiger partial charge in [-0.25, -0.2) is 4.98 Å². The van der Waals surface area contributed by atoms with Gasteiger partial charge in [0.05, 0.1) is 18.9 Å². The highest BCUT2D eigenvalue weighted by Crippen LogP contribution is 2.14. The third kappa shape index (κ3) is 7.08. The first kappa shape index (κ1) is 21.2. The van der Waals surface area contributed by atoms with Crippen LogP contribution in [0.2, 0.25) is 0 Å². The number of rotatable bonds is 8. The van der Waals surface area contributed by atoms with Crippen LogP contribution in [-0.4, -0.2) is 72.5 Å². The smallest absolute Gasteiger partial charge is 0.247 e. The minimum atomic E-state index is -0.247. The molecule has 1 aromatic heterocycles. The van der Waals surface area contributed by atoms with Gasteiger partial charge in [0, 0.05) is 37.6 Å². The summed E-state index contributed by atoms with van der Waals surface area (Å²) >= 11 is 1.37. The van der Waals surface area contributed by atoms with Crippen LogP contribution >= 0.6 is 11.3 Å². The van der Waals surface area contributed by atoms with Crippen LogP contribution in [0, 0.1) is 6.92 Å². The van der Waals surface area contributed by atoms with Gasteiger partial charge in [0.25, 0.3) is 0 Å². The van der Waals surface area contributed by atoms with Crippen LogP contribution in [0.3, 0.4) is 0 Å². The number of carbonyl (C=O) groups excluding carboxylic acids is 2. The number of nitrogens with one attached hydrogen (secondary N) is 1. The Morgan fingerprint density at radius 1 is 1.28 bits per heavy atom. The molecule has 1 aromatic carbocycles. The molecule has 8 heteroatoms. The van der Waals surface area contributed by atoms with Crippen molar-refractivity contribution >= 4 is 34.4 Å². The summed E-state index contributed by atoms with van der Waals surface area (Å²) in [5.74, 6) is -0.435. The van der Waals surface area contributed by atoms with Crippen molar-refractivity contribution in [2.24, 2.45) is 0 Å². The SMILES string of the molecule is Cc1csc(NC(=O)CN(CCN2CCOCC2)C(=O)/C=C/c2ccccc2)n1. The van der Waals surface area contributed by atoms with Crippen molar-refractivity contribution in [3.8, 4) is 0 Å². The summed E-state index contributed by atoms with van der Waals surface area (Å²) in [5.41, 5.74) is 1.80. The van der Waals surface area contributed by atoms with Gasteiger partial charge >= 0.3 is 0 Å². The largest absolute Gasteiger partial charge is 0.379 e. The first-order valence-electron chi connectivity index (χ1n) is 9.64. The molecule has 3 rings (SSSR count). The van der Waals surface area contributed by atoms with Crippen molar-refractivity contribution in [3.05, 3.63) is 53.0 Å². The van der Waals surface area contributed by atoms with Gasteiger partial charge in [-0.1, -0.05) is 30.3 Å². The molecule has 1 saturated heterocycles. The van der Waals surface area contributed by atoms with E-state index in [-0.39, 0.29) is 18.4 Å². The number of morpholine rings is 1. The van der Waals surface area contributed by atoms with Gasteiger partial charge < -0.3 is 15.0 Å². The Morgan fingerprint density at radius 2 is 2.03 bits per heavy atom. The van der Waals surface area contributed by atoms with E-state index < -0.39 is 0 Å². The Labute approximate surface area is 175 Å². The van der Waals surface area contributed by atoms with Crippen LogP contribution in [0.15, 0.2) is 41.8 Å². The lowest BCUT2D eigenvalue weighted by atomic mass is 10.2. The summed E-state index contributed by atoms with van der Waals surface area (Å²) in [6, 6.07) is 9.63. The van der Waals surface area contributed by atoms with E-state index >= 15 is 0 Å². The molecule has 154 valence electrons. The van der Waals surface area contributed by atoms with Crippen LogP contribution in [0.4, 0.5) is 5.13 Å².